The first-order valence-electron chi connectivity index (χ1n) is 10.0. The molecule has 1 unspecified atom stereocenters. The van der Waals surface area contributed by atoms with Crippen molar-refractivity contribution in [3.63, 3.8) is 0 Å². The lowest BCUT2D eigenvalue weighted by Gasteiger charge is -2.38. The van der Waals surface area contributed by atoms with E-state index in [-0.39, 0.29) is 12.2 Å². The van der Waals surface area contributed by atoms with Gasteiger partial charge in [0, 0.05) is 35.9 Å². The van der Waals surface area contributed by atoms with Gasteiger partial charge in [0.1, 0.15) is 5.78 Å². The first-order chi connectivity index (χ1) is 14.5. The number of benzene rings is 3. The summed E-state index contributed by atoms with van der Waals surface area (Å²) in [6.07, 6.45) is 0.200. The highest BCUT2D eigenvalue weighted by Gasteiger charge is 2.50. The molecule has 0 saturated carbocycles. The highest BCUT2D eigenvalue weighted by molar-refractivity contribution is 7.68. The SMILES string of the molecule is CC(=O)CC(c1ccc(Cl)cc1)P1(=O)N(c2ccccc2)CCN1c1ccccc1. The Balaban J connectivity index is 1.89. The molecule has 0 amide bonds. The number of halogens is 1. The smallest absolute Gasteiger partial charge is 0.270 e. The van der Waals surface area contributed by atoms with Gasteiger partial charge in [-0.05, 0) is 48.9 Å². The lowest BCUT2D eigenvalue weighted by atomic mass is 10.1. The summed E-state index contributed by atoms with van der Waals surface area (Å²) in [5.41, 5.74) is 2.21. The predicted molar refractivity (Wildman–Crippen MR) is 125 cm³/mol. The van der Waals surface area contributed by atoms with E-state index in [1.165, 1.54) is 0 Å². The van der Waals surface area contributed by atoms with Crippen LogP contribution in [0.1, 0.15) is 24.6 Å². The molecule has 0 spiro atoms. The van der Waals surface area contributed by atoms with Gasteiger partial charge in [-0.1, -0.05) is 60.1 Å². The number of Topliss-reactive ketones (excluding diaryl/α,β-unsaturated/α-hetero) is 1. The Bertz CT molecular complexity index is 1010. The summed E-state index contributed by atoms with van der Waals surface area (Å²) in [5.74, 6) is 0.0121. The Hall–Kier alpha value is -2.55. The molecule has 1 aliphatic heterocycles. The lowest BCUT2D eigenvalue weighted by molar-refractivity contribution is -0.117. The van der Waals surface area contributed by atoms with E-state index in [1.807, 2.05) is 82.1 Å². The third-order valence-electron chi connectivity index (χ3n) is 5.47. The molecule has 0 bridgehead atoms. The molecule has 1 heterocycles. The van der Waals surface area contributed by atoms with Crippen LogP contribution in [0.25, 0.3) is 0 Å². The molecule has 0 aromatic heterocycles. The van der Waals surface area contributed by atoms with E-state index < -0.39 is 13.1 Å². The molecular formula is C24H24ClN2O2P. The van der Waals surface area contributed by atoms with Gasteiger partial charge in [-0.15, -0.1) is 0 Å². The third kappa shape index (κ3) is 3.90. The molecule has 3 aromatic rings. The van der Waals surface area contributed by atoms with E-state index in [0.29, 0.717) is 18.1 Å². The van der Waals surface area contributed by atoms with Gasteiger partial charge in [-0.25, -0.2) is 0 Å². The second-order valence-corrected chi connectivity index (χ2v) is 10.7. The normalized spacial score (nSPS) is 16.5. The van der Waals surface area contributed by atoms with E-state index in [4.69, 9.17) is 11.6 Å². The number of rotatable bonds is 6. The van der Waals surface area contributed by atoms with Crippen LogP contribution in [0, 0.1) is 0 Å². The van der Waals surface area contributed by atoms with Gasteiger partial charge in [0.15, 0.2) is 0 Å². The molecule has 4 nitrogen and oxygen atoms in total. The minimum absolute atomic E-state index is 0.0121. The maximum atomic E-state index is 15.1. The fourth-order valence-corrected chi connectivity index (χ4v) is 7.92. The van der Waals surface area contributed by atoms with Crippen LogP contribution in [-0.4, -0.2) is 18.9 Å². The van der Waals surface area contributed by atoms with E-state index in [9.17, 15) is 4.79 Å². The quantitative estimate of drug-likeness (QED) is 0.407. The first-order valence-corrected chi connectivity index (χ1v) is 12.1. The van der Waals surface area contributed by atoms with Gasteiger partial charge in [-0.2, -0.15) is 0 Å². The first kappa shape index (κ1) is 20.7. The fraction of sp³-hybridized carbons (Fsp3) is 0.208. The molecule has 6 heteroatoms. The van der Waals surface area contributed by atoms with Crippen LogP contribution in [0.5, 0.6) is 0 Å². The van der Waals surface area contributed by atoms with Gasteiger partial charge in [0.05, 0.1) is 5.66 Å². The maximum Gasteiger partial charge on any atom is 0.270 e. The average molecular weight is 439 g/mol. The van der Waals surface area contributed by atoms with E-state index in [1.54, 1.807) is 19.1 Å². The lowest BCUT2D eigenvalue weighted by Crippen LogP contribution is -2.25. The van der Waals surface area contributed by atoms with Crippen molar-refractivity contribution in [3.05, 3.63) is 95.5 Å². The molecule has 30 heavy (non-hydrogen) atoms. The zero-order chi connectivity index (χ0) is 21.1. The number of hydrogen-bond donors (Lipinski definition) is 0. The van der Waals surface area contributed by atoms with Crippen molar-refractivity contribution in [2.24, 2.45) is 0 Å². The molecule has 0 aliphatic carbocycles. The second-order valence-electron chi connectivity index (χ2n) is 7.48. The number of hydrogen-bond acceptors (Lipinski definition) is 2. The zero-order valence-corrected chi connectivity index (χ0v) is 18.5. The Morgan fingerprint density at radius 3 is 1.77 bits per heavy atom. The van der Waals surface area contributed by atoms with E-state index in [0.717, 1.165) is 16.9 Å². The van der Waals surface area contributed by atoms with Crippen molar-refractivity contribution >= 4 is 36.2 Å². The zero-order valence-electron chi connectivity index (χ0n) is 16.8. The molecule has 4 rings (SSSR count). The van der Waals surface area contributed by atoms with Crippen LogP contribution in [0.4, 0.5) is 11.4 Å². The van der Waals surface area contributed by atoms with Gasteiger partial charge >= 0.3 is 0 Å². The second kappa shape index (κ2) is 8.67. The topological polar surface area (TPSA) is 40.6 Å². The standard InChI is InChI=1S/C24H24ClN2O2P/c1-19(28)18-24(20-12-14-21(25)15-13-20)30(29)26(22-8-4-2-5-9-22)16-17-27(30)23-10-6-3-7-11-23/h2-15,24H,16-18H2,1H3. The summed E-state index contributed by atoms with van der Waals surface area (Å²) >= 11 is 6.11. The van der Waals surface area contributed by atoms with E-state index in [2.05, 4.69) is 0 Å². The largest absolute Gasteiger partial charge is 0.305 e. The molecule has 154 valence electrons. The molecule has 1 aliphatic rings. The molecule has 1 fully saturated rings. The molecule has 0 radical (unpaired) electrons. The Morgan fingerprint density at radius 1 is 0.867 bits per heavy atom. The third-order valence-corrected chi connectivity index (χ3v) is 9.26. The number of ketones is 1. The summed E-state index contributed by atoms with van der Waals surface area (Å²) in [4.78, 5) is 12.3. The number of carbonyl (C=O) groups excluding carboxylic acids is 1. The number of anilines is 2. The van der Waals surface area contributed by atoms with Crippen LogP contribution in [0.3, 0.4) is 0 Å². The summed E-state index contributed by atoms with van der Waals surface area (Å²) in [6, 6.07) is 27.0. The van der Waals surface area contributed by atoms with Gasteiger partial charge < -0.3 is 9.34 Å². The molecular weight excluding hydrogens is 415 g/mol. The highest BCUT2D eigenvalue weighted by atomic mass is 35.5. The minimum atomic E-state index is -3.23. The van der Waals surface area contributed by atoms with Crippen molar-refractivity contribution in [1.82, 2.24) is 0 Å². The number of carbonyl (C=O) groups is 1. The minimum Gasteiger partial charge on any atom is -0.305 e. The predicted octanol–water partition coefficient (Wildman–Crippen LogP) is 6.58. The number of para-hydroxylation sites is 2. The van der Waals surface area contributed by atoms with Crippen LogP contribution in [0.15, 0.2) is 84.9 Å². The van der Waals surface area contributed by atoms with Crippen molar-refractivity contribution in [3.8, 4) is 0 Å². The maximum absolute atomic E-state index is 15.1. The van der Waals surface area contributed by atoms with Gasteiger partial charge in [0.25, 0.3) is 7.44 Å². The monoisotopic (exact) mass is 438 g/mol. The Kier molecular flexibility index (Phi) is 5.99. The average Bonchev–Trinajstić information content (AvgIpc) is 3.12. The van der Waals surface area contributed by atoms with Crippen molar-refractivity contribution in [2.75, 3.05) is 22.4 Å². The van der Waals surface area contributed by atoms with E-state index >= 15 is 4.57 Å². The van der Waals surface area contributed by atoms with Crippen molar-refractivity contribution < 1.29 is 9.36 Å². The Morgan fingerprint density at radius 2 is 1.33 bits per heavy atom. The number of nitrogens with zero attached hydrogens (tertiary/aromatic N) is 2. The summed E-state index contributed by atoms with van der Waals surface area (Å²) in [6.45, 7) is 2.81. The fourth-order valence-electron chi connectivity index (χ4n) is 4.12. The molecule has 1 saturated heterocycles. The van der Waals surface area contributed by atoms with Crippen LogP contribution >= 0.6 is 19.0 Å². The van der Waals surface area contributed by atoms with Crippen LogP contribution < -0.4 is 9.34 Å². The Labute approximate surface area is 182 Å². The van der Waals surface area contributed by atoms with Gasteiger partial charge in [0.2, 0.25) is 0 Å². The summed E-state index contributed by atoms with van der Waals surface area (Å²) < 4.78 is 19.1. The summed E-state index contributed by atoms with van der Waals surface area (Å²) in [7, 11) is -3.23. The summed E-state index contributed by atoms with van der Waals surface area (Å²) in [5, 5.41) is 0.616. The van der Waals surface area contributed by atoms with Crippen molar-refractivity contribution in [2.45, 2.75) is 19.0 Å². The van der Waals surface area contributed by atoms with Crippen LogP contribution in [-0.2, 0) is 9.36 Å². The highest BCUT2D eigenvalue weighted by Crippen LogP contribution is 2.69. The van der Waals surface area contributed by atoms with Crippen LogP contribution in [0.2, 0.25) is 5.02 Å². The molecule has 1 atom stereocenters. The van der Waals surface area contributed by atoms with Gasteiger partial charge in [-0.3, -0.25) is 9.36 Å². The molecule has 3 aromatic carbocycles. The molecule has 0 N–H and O–H groups in total. The van der Waals surface area contributed by atoms with Crippen molar-refractivity contribution in [1.29, 1.82) is 0 Å².